The number of allylic oxidation sites excluding steroid dienone is 4. The molecule has 0 unspecified atom stereocenters. The van der Waals surface area contributed by atoms with E-state index in [9.17, 15) is 14.4 Å². The summed E-state index contributed by atoms with van der Waals surface area (Å²) in [6.45, 7) is 11.8. The average molecular weight is 515 g/mol. The van der Waals surface area contributed by atoms with Gasteiger partial charge in [-0.1, -0.05) is 50.1 Å². The van der Waals surface area contributed by atoms with Gasteiger partial charge in [0.2, 0.25) is 0 Å². The first-order chi connectivity index (χ1) is 17.6. The fourth-order valence-corrected chi connectivity index (χ4v) is 6.97. The standard InChI is InChI=1S/C31H46O6/c1-7-26(36-21(4)32)19-29-28(13-12-25-18-27(37-22(5)33)15-16-31(25,29)6)24-11-10-23(17-24)20(3)9-14-30(34)35-8-2/h9-10,12,14,20,24,26-29H,7-8,11,13,15-19H2,1-6H3/b14-9+/t20-,24-,26+,27+,28+,29+,31+/m1/s1. The van der Waals surface area contributed by atoms with Gasteiger partial charge in [-0.3, -0.25) is 9.59 Å². The molecule has 0 saturated heterocycles. The molecule has 0 bridgehead atoms. The molecule has 6 nitrogen and oxygen atoms in total. The second-order valence-corrected chi connectivity index (χ2v) is 11.4. The van der Waals surface area contributed by atoms with Gasteiger partial charge in [-0.05, 0) is 81.0 Å². The van der Waals surface area contributed by atoms with E-state index < -0.39 is 0 Å². The molecule has 0 amide bonds. The SMILES string of the molecule is CCOC(=O)/C=C/[C@@H](C)C1=CC[C@@H]([C@@H]2CC=C3C[C@@H](OC(C)=O)CC[C@]3(C)[C@H]2C[C@H](CC)OC(C)=O)C1. The average Bonchev–Trinajstić information content (AvgIpc) is 3.32. The van der Waals surface area contributed by atoms with Gasteiger partial charge in [0.1, 0.15) is 12.2 Å². The number of rotatable bonds is 10. The molecule has 0 spiro atoms. The zero-order valence-electron chi connectivity index (χ0n) is 23.6. The second kappa shape index (κ2) is 12.9. The number of hydrogen-bond acceptors (Lipinski definition) is 6. The zero-order chi connectivity index (χ0) is 27.2. The lowest BCUT2D eigenvalue weighted by Crippen LogP contribution is -2.46. The van der Waals surface area contributed by atoms with E-state index in [1.165, 1.54) is 25.0 Å². The first kappa shape index (κ1) is 29.2. The highest BCUT2D eigenvalue weighted by atomic mass is 16.5. The van der Waals surface area contributed by atoms with Gasteiger partial charge >= 0.3 is 17.9 Å². The Bertz CT molecular complexity index is 930. The number of ether oxygens (including phenoxy) is 3. The highest BCUT2D eigenvalue weighted by molar-refractivity contribution is 5.81. The Morgan fingerprint density at radius 2 is 1.86 bits per heavy atom. The molecule has 3 aliphatic rings. The molecule has 6 heteroatoms. The topological polar surface area (TPSA) is 78.9 Å². The first-order valence-corrected chi connectivity index (χ1v) is 14.1. The molecule has 37 heavy (non-hydrogen) atoms. The molecule has 0 N–H and O–H groups in total. The second-order valence-electron chi connectivity index (χ2n) is 11.4. The van der Waals surface area contributed by atoms with Crippen molar-refractivity contribution >= 4 is 17.9 Å². The summed E-state index contributed by atoms with van der Waals surface area (Å²) in [5, 5.41) is 0. The van der Waals surface area contributed by atoms with E-state index in [1.807, 2.05) is 13.0 Å². The van der Waals surface area contributed by atoms with Gasteiger partial charge in [0.05, 0.1) is 6.61 Å². The molecular weight excluding hydrogens is 468 g/mol. The van der Waals surface area contributed by atoms with Crippen LogP contribution in [-0.4, -0.2) is 36.7 Å². The van der Waals surface area contributed by atoms with Crippen LogP contribution in [0.3, 0.4) is 0 Å². The van der Waals surface area contributed by atoms with Crippen molar-refractivity contribution in [1.82, 2.24) is 0 Å². The van der Waals surface area contributed by atoms with Gasteiger partial charge in [-0.2, -0.15) is 0 Å². The van der Waals surface area contributed by atoms with Crippen molar-refractivity contribution in [3.05, 3.63) is 35.5 Å². The summed E-state index contributed by atoms with van der Waals surface area (Å²) in [5.41, 5.74) is 2.79. The van der Waals surface area contributed by atoms with Crippen molar-refractivity contribution in [2.45, 2.75) is 105 Å². The van der Waals surface area contributed by atoms with E-state index in [4.69, 9.17) is 14.2 Å². The van der Waals surface area contributed by atoms with E-state index >= 15 is 0 Å². The van der Waals surface area contributed by atoms with Crippen LogP contribution in [0.25, 0.3) is 0 Å². The maximum Gasteiger partial charge on any atom is 0.330 e. The number of carbonyl (C=O) groups is 3. The Hall–Kier alpha value is -2.37. The van der Waals surface area contributed by atoms with Gasteiger partial charge in [0.15, 0.2) is 0 Å². The van der Waals surface area contributed by atoms with E-state index in [1.54, 1.807) is 6.08 Å². The summed E-state index contributed by atoms with van der Waals surface area (Å²) < 4.78 is 16.4. The molecule has 0 aromatic rings. The van der Waals surface area contributed by atoms with Gasteiger partial charge in [-0.25, -0.2) is 4.79 Å². The zero-order valence-corrected chi connectivity index (χ0v) is 23.6. The minimum atomic E-state index is -0.289. The highest BCUT2D eigenvalue weighted by Gasteiger charge is 2.50. The molecule has 0 aromatic heterocycles. The van der Waals surface area contributed by atoms with Crippen molar-refractivity contribution < 1.29 is 28.6 Å². The molecule has 1 fully saturated rings. The fraction of sp³-hybridized carbons (Fsp3) is 0.710. The van der Waals surface area contributed by atoms with Gasteiger partial charge < -0.3 is 14.2 Å². The monoisotopic (exact) mass is 514 g/mol. The Labute approximate surface area is 222 Å². The molecule has 0 heterocycles. The molecule has 0 aliphatic heterocycles. The lowest BCUT2D eigenvalue weighted by Gasteiger charge is -2.52. The highest BCUT2D eigenvalue weighted by Crippen LogP contribution is 2.58. The minimum Gasteiger partial charge on any atom is -0.463 e. The third kappa shape index (κ3) is 7.36. The molecule has 3 aliphatic carbocycles. The molecule has 3 rings (SSSR count). The molecule has 0 radical (unpaired) electrons. The van der Waals surface area contributed by atoms with Crippen LogP contribution >= 0.6 is 0 Å². The third-order valence-corrected chi connectivity index (χ3v) is 8.95. The molecule has 0 aromatic carbocycles. The van der Waals surface area contributed by atoms with Crippen LogP contribution in [0.4, 0.5) is 0 Å². The Balaban J connectivity index is 1.80. The van der Waals surface area contributed by atoms with Gasteiger partial charge in [0, 0.05) is 26.3 Å². The Morgan fingerprint density at radius 1 is 1.11 bits per heavy atom. The van der Waals surface area contributed by atoms with Crippen molar-refractivity contribution in [2.75, 3.05) is 6.61 Å². The fourth-order valence-electron chi connectivity index (χ4n) is 6.97. The van der Waals surface area contributed by atoms with Crippen LogP contribution in [0, 0.1) is 29.1 Å². The van der Waals surface area contributed by atoms with Gasteiger partial charge in [0.25, 0.3) is 0 Å². The van der Waals surface area contributed by atoms with Crippen molar-refractivity contribution in [3.8, 4) is 0 Å². The quantitative estimate of drug-likeness (QED) is 0.143. The third-order valence-electron chi connectivity index (χ3n) is 8.95. The lowest BCUT2D eigenvalue weighted by molar-refractivity contribution is -0.149. The van der Waals surface area contributed by atoms with E-state index in [0.717, 1.165) is 51.4 Å². The van der Waals surface area contributed by atoms with Crippen LogP contribution in [0.2, 0.25) is 0 Å². The number of fused-ring (bicyclic) bond motifs is 1. The van der Waals surface area contributed by atoms with Crippen molar-refractivity contribution in [1.29, 1.82) is 0 Å². The van der Waals surface area contributed by atoms with Gasteiger partial charge in [-0.15, -0.1) is 0 Å². The smallest absolute Gasteiger partial charge is 0.330 e. The Kier molecular flexibility index (Phi) is 10.2. The van der Waals surface area contributed by atoms with Crippen LogP contribution < -0.4 is 0 Å². The largest absolute Gasteiger partial charge is 0.463 e. The lowest BCUT2D eigenvalue weighted by atomic mass is 9.53. The summed E-state index contributed by atoms with van der Waals surface area (Å²) in [7, 11) is 0. The summed E-state index contributed by atoms with van der Waals surface area (Å²) in [6.07, 6.45) is 15.5. The summed E-state index contributed by atoms with van der Waals surface area (Å²) >= 11 is 0. The number of carbonyl (C=O) groups excluding carboxylic acids is 3. The predicted octanol–water partition coefficient (Wildman–Crippen LogP) is 6.49. The summed E-state index contributed by atoms with van der Waals surface area (Å²) in [5.74, 6) is 0.872. The Morgan fingerprint density at radius 3 is 2.51 bits per heavy atom. The maximum atomic E-state index is 11.8. The maximum absolute atomic E-state index is 11.8. The van der Waals surface area contributed by atoms with Crippen LogP contribution in [0.1, 0.15) is 92.9 Å². The van der Waals surface area contributed by atoms with E-state index in [2.05, 4.69) is 32.9 Å². The molecule has 7 atom stereocenters. The van der Waals surface area contributed by atoms with E-state index in [-0.39, 0.29) is 41.4 Å². The van der Waals surface area contributed by atoms with Crippen LogP contribution in [-0.2, 0) is 28.6 Å². The molecular formula is C31H46O6. The van der Waals surface area contributed by atoms with Crippen LogP contribution in [0.15, 0.2) is 35.5 Å². The first-order valence-electron chi connectivity index (χ1n) is 14.1. The van der Waals surface area contributed by atoms with Crippen molar-refractivity contribution in [2.24, 2.45) is 29.1 Å². The van der Waals surface area contributed by atoms with E-state index in [0.29, 0.717) is 24.4 Å². The normalized spacial score (nSPS) is 31.1. The summed E-state index contributed by atoms with van der Waals surface area (Å²) in [6, 6.07) is 0. The predicted molar refractivity (Wildman–Crippen MR) is 143 cm³/mol. The number of hydrogen-bond donors (Lipinski definition) is 0. The van der Waals surface area contributed by atoms with Crippen molar-refractivity contribution in [3.63, 3.8) is 0 Å². The minimum absolute atomic E-state index is 0.00528. The molecule has 1 saturated carbocycles. The molecule has 206 valence electrons. The van der Waals surface area contributed by atoms with Crippen LogP contribution in [0.5, 0.6) is 0 Å². The number of esters is 3. The summed E-state index contributed by atoms with van der Waals surface area (Å²) in [4.78, 5) is 35.2.